The van der Waals surface area contributed by atoms with E-state index in [-0.39, 0.29) is 5.91 Å². The lowest BCUT2D eigenvalue weighted by molar-refractivity contribution is -0.130. The summed E-state index contributed by atoms with van der Waals surface area (Å²) in [6.07, 6.45) is 5.15. The van der Waals surface area contributed by atoms with Gasteiger partial charge in [-0.1, -0.05) is 19.1 Å². The van der Waals surface area contributed by atoms with Gasteiger partial charge in [0.2, 0.25) is 5.91 Å². The van der Waals surface area contributed by atoms with Crippen LogP contribution in [0.1, 0.15) is 45.1 Å². The monoisotopic (exact) mass is 394 g/mol. The van der Waals surface area contributed by atoms with Crippen molar-refractivity contribution in [1.29, 1.82) is 0 Å². The largest absolute Gasteiger partial charge is 0.383 e. The molecule has 3 heterocycles. The Bertz CT molecular complexity index is 1050. The number of nitrogen functional groups attached to an aromatic ring is 2. The number of carbonyl (C=O) groups is 1. The molecule has 1 amide bonds. The van der Waals surface area contributed by atoms with E-state index in [1.54, 1.807) is 6.92 Å². The molecule has 1 fully saturated rings. The predicted octanol–water partition coefficient (Wildman–Crippen LogP) is 3.35. The van der Waals surface area contributed by atoms with Crippen LogP contribution in [0.4, 0.5) is 11.6 Å². The minimum absolute atomic E-state index is 0.183. The topological polar surface area (TPSA) is 103 Å². The average Bonchev–Trinajstić information content (AvgIpc) is 3.04. The highest BCUT2D eigenvalue weighted by Crippen LogP contribution is 2.35. The highest BCUT2D eigenvalue weighted by molar-refractivity contribution is 6.14. The lowest BCUT2D eigenvalue weighted by Gasteiger charge is -2.31. The van der Waals surface area contributed by atoms with E-state index in [1.807, 2.05) is 21.7 Å². The quantitative estimate of drug-likeness (QED) is 0.691. The second-order valence-electron chi connectivity index (χ2n) is 8.13. The van der Waals surface area contributed by atoms with Crippen LogP contribution in [-0.4, -0.2) is 38.7 Å². The zero-order chi connectivity index (χ0) is 20.5. The highest BCUT2D eigenvalue weighted by Gasteiger charge is 2.22. The smallest absolute Gasteiger partial charge is 0.219 e. The number of hydrogen-bond donors (Lipinski definition) is 2. The van der Waals surface area contributed by atoms with E-state index in [1.165, 1.54) is 5.56 Å². The van der Waals surface area contributed by atoms with Crippen molar-refractivity contribution in [2.24, 2.45) is 5.92 Å². The molecular weight excluding hydrogens is 364 g/mol. The number of nitrogens with zero attached hydrogens (tertiary/aromatic N) is 4. The van der Waals surface area contributed by atoms with Gasteiger partial charge in [-0.2, -0.15) is 5.10 Å². The van der Waals surface area contributed by atoms with Crippen molar-refractivity contribution in [3.8, 4) is 0 Å². The summed E-state index contributed by atoms with van der Waals surface area (Å²) in [5, 5.41) is 6.65. The number of amides is 1. The number of fused-ring (bicyclic) bond motifs is 3. The molecule has 3 aromatic rings. The number of anilines is 2. The van der Waals surface area contributed by atoms with Crippen molar-refractivity contribution in [2.75, 3.05) is 24.6 Å². The Morgan fingerprint density at radius 1 is 1.21 bits per heavy atom. The van der Waals surface area contributed by atoms with Crippen molar-refractivity contribution in [3.63, 3.8) is 0 Å². The summed E-state index contributed by atoms with van der Waals surface area (Å²) in [5.74, 6) is 1.92. The summed E-state index contributed by atoms with van der Waals surface area (Å²) >= 11 is 0. The molecule has 1 aromatic carbocycles. The van der Waals surface area contributed by atoms with E-state index in [2.05, 4.69) is 23.1 Å². The number of hydrogen-bond acceptors (Lipinski definition) is 5. The van der Waals surface area contributed by atoms with Crippen LogP contribution in [0.2, 0.25) is 0 Å². The van der Waals surface area contributed by atoms with Crippen LogP contribution in [0.15, 0.2) is 18.2 Å². The van der Waals surface area contributed by atoms with Crippen molar-refractivity contribution in [2.45, 2.75) is 52.5 Å². The van der Waals surface area contributed by atoms with Crippen molar-refractivity contribution in [3.05, 3.63) is 23.8 Å². The minimum Gasteiger partial charge on any atom is -0.383 e. The molecule has 0 spiro atoms. The molecule has 0 radical (unpaired) electrons. The van der Waals surface area contributed by atoms with Gasteiger partial charge in [-0.15, -0.1) is 0 Å². The van der Waals surface area contributed by atoms with Gasteiger partial charge in [0.05, 0.1) is 10.9 Å². The first-order valence-electron chi connectivity index (χ1n) is 10.6. The van der Waals surface area contributed by atoms with E-state index in [4.69, 9.17) is 11.5 Å². The fourth-order valence-corrected chi connectivity index (χ4v) is 4.54. The average molecular weight is 395 g/mol. The molecular formula is C22H30N6O. The zero-order valence-electron chi connectivity index (χ0n) is 17.3. The predicted molar refractivity (Wildman–Crippen MR) is 117 cm³/mol. The molecule has 0 bridgehead atoms. The molecule has 0 aliphatic carbocycles. The molecule has 7 heteroatoms. The zero-order valence-corrected chi connectivity index (χ0v) is 17.3. The molecule has 7 nitrogen and oxygen atoms in total. The first kappa shape index (κ1) is 19.5. The summed E-state index contributed by atoms with van der Waals surface area (Å²) in [4.78, 5) is 18.1. The van der Waals surface area contributed by atoms with Crippen LogP contribution in [0, 0.1) is 5.92 Å². The highest BCUT2D eigenvalue weighted by atomic mass is 16.2. The first-order chi connectivity index (χ1) is 14.0. The van der Waals surface area contributed by atoms with Gasteiger partial charge in [0.15, 0.2) is 5.82 Å². The molecule has 2 aromatic heterocycles. The number of aromatic nitrogens is 3. The van der Waals surface area contributed by atoms with Gasteiger partial charge in [-0.05, 0) is 49.7 Å². The molecule has 1 aliphatic heterocycles. The summed E-state index contributed by atoms with van der Waals surface area (Å²) in [7, 11) is 0. The van der Waals surface area contributed by atoms with Gasteiger partial charge < -0.3 is 16.4 Å². The van der Waals surface area contributed by atoms with Crippen LogP contribution in [-0.2, 0) is 17.8 Å². The van der Waals surface area contributed by atoms with Gasteiger partial charge in [-0.3, -0.25) is 4.79 Å². The lowest BCUT2D eigenvalue weighted by atomic mass is 9.89. The Balaban J connectivity index is 1.65. The van der Waals surface area contributed by atoms with Gasteiger partial charge in [0.25, 0.3) is 0 Å². The second-order valence-corrected chi connectivity index (χ2v) is 8.13. The number of aryl methyl sites for hydroxylation is 2. The fourth-order valence-electron chi connectivity index (χ4n) is 4.54. The normalized spacial score (nSPS) is 15.4. The second kappa shape index (κ2) is 7.89. The van der Waals surface area contributed by atoms with Crippen LogP contribution in [0.3, 0.4) is 0 Å². The van der Waals surface area contributed by atoms with Crippen molar-refractivity contribution >= 4 is 39.3 Å². The Hall–Kier alpha value is -2.83. The Morgan fingerprint density at radius 2 is 1.97 bits per heavy atom. The number of piperidine rings is 1. The molecule has 154 valence electrons. The molecule has 0 unspecified atom stereocenters. The minimum atomic E-state index is 0.183. The van der Waals surface area contributed by atoms with E-state index in [0.29, 0.717) is 23.1 Å². The number of carbonyl (C=O) groups excluding carboxylic acids is 1. The van der Waals surface area contributed by atoms with Gasteiger partial charge in [0, 0.05) is 31.9 Å². The fraction of sp³-hybridized carbons (Fsp3) is 0.500. The van der Waals surface area contributed by atoms with Gasteiger partial charge >= 0.3 is 0 Å². The first-order valence-corrected chi connectivity index (χ1v) is 10.6. The van der Waals surface area contributed by atoms with Crippen molar-refractivity contribution < 1.29 is 4.79 Å². The number of pyridine rings is 1. The number of likely N-dealkylation sites (tertiary alicyclic amines) is 1. The van der Waals surface area contributed by atoms with E-state index in [0.717, 1.165) is 68.0 Å². The Morgan fingerprint density at radius 3 is 2.66 bits per heavy atom. The molecule has 29 heavy (non-hydrogen) atoms. The molecule has 4 rings (SSSR count). The summed E-state index contributed by atoms with van der Waals surface area (Å²) in [5.41, 5.74) is 15.5. The molecule has 1 saturated heterocycles. The molecule has 4 N–H and O–H groups in total. The van der Waals surface area contributed by atoms with Crippen LogP contribution in [0.5, 0.6) is 0 Å². The van der Waals surface area contributed by atoms with Crippen molar-refractivity contribution in [1.82, 2.24) is 19.7 Å². The lowest BCUT2D eigenvalue weighted by Crippen LogP contribution is -2.37. The number of nitrogens with two attached hydrogens (primary N) is 2. The van der Waals surface area contributed by atoms with Gasteiger partial charge in [-0.25, -0.2) is 9.67 Å². The van der Waals surface area contributed by atoms with Crippen LogP contribution < -0.4 is 11.5 Å². The molecule has 0 atom stereocenters. The third-order valence-electron chi connectivity index (χ3n) is 6.17. The summed E-state index contributed by atoms with van der Waals surface area (Å²) in [6.45, 7) is 6.26. The van der Waals surface area contributed by atoms with Crippen LogP contribution >= 0.6 is 0 Å². The Labute approximate surface area is 171 Å². The van der Waals surface area contributed by atoms with E-state index >= 15 is 0 Å². The maximum atomic E-state index is 11.6. The maximum absolute atomic E-state index is 11.6. The molecule has 0 saturated carbocycles. The maximum Gasteiger partial charge on any atom is 0.219 e. The SMILES string of the molecule is CCCn1nc2c(N)nc3cccc(CCC4CCN(C(C)=O)CC4)c3c2c1N. The third-order valence-corrected chi connectivity index (χ3v) is 6.17. The van der Waals surface area contributed by atoms with E-state index in [9.17, 15) is 4.79 Å². The molecule has 1 aliphatic rings. The number of rotatable bonds is 5. The third kappa shape index (κ3) is 3.61. The summed E-state index contributed by atoms with van der Waals surface area (Å²) in [6, 6.07) is 6.21. The van der Waals surface area contributed by atoms with E-state index < -0.39 is 0 Å². The number of benzene rings is 1. The van der Waals surface area contributed by atoms with Crippen LogP contribution in [0.25, 0.3) is 21.8 Å². The standard InChI is InChI=1S/C22H30N6O/c1-3-11-28-22(24)19-18-16(5-4-6-17(18)25-21(23)20(19)26-28)8-7-15-9-12-27(13-10-15)14(2)29/h4-6,15H,3,7-13,24H2,1-2H3,(H2,23,25). The van der Waals surface area contributed by atoms with Gasteiger partial charge in [0.1, 0.15) is 11.3 Å². The summed E-state index contributed by atoms with van der Waals surface area (Å²) < 4.78 is 1.84. The Kier molecular flexibility index (Phi) is 5.30.